The van der Waals surface area contributed by atoms with Crippen molar-refractivity contribution in [1.82, 2.24) is 30.3 Å². The number of nitrogens with one attached hydrogen (secondary N) is 2. The number of guanidine groups is 1. The van der Waals surface area contributed by atoms with Crippen molar-refractivity contribution in [2.45, 2.75) is 33.7 Å². The first-order valence-corrected chi connectivity index (χ1v) is 9.57. The Kier molecular flexibility index (Phi) is 10.6. The molecule has 0 aromatic carbocycles. The number of pyridine rings is 1. The number of amides is 1. The molecular formula is C20H32IN7O. The summed E-state index contributed by atoms with van der Waals surface area (Å²) in [4.78, 5) is 23.0. The van der Waals surface area contributed by atoms with E-state index in [9.17, 15) is 4.79 Å². The first-order chi connectivity index (χ1) is 13.4. The lowest BCUT2D eigenvalue weighted by Crippen LogP contribution is -2.44. The van der Waals surface area contributed by atoms with Gasteiger partial charge in [-0.2, -0.15) is 5.10 Å². The van der Waals surface area contributed by atoms with E-state index < -0.39 is 0 Å². The fraction of sp³-hybridized carbons (Fsp3) is 0.500. The maximum absolute atomic E-state index is 12.4. The summed E-state index contributed by atoms with van der Waals surface area (Å²) in [5, 5.41) is 10.7. The summed E-state index contributed by atoms with van der Waals surface area (Å²) in [6, 6.07) is 5.81. The minimum Gasteiger partial charge on any atom is -0.357 e. The average Bonchev–Trinajstić information content (AvgIpc) is 2.94. The van der Waals surface area contributed by atoms with Crippen molar-refractivity contribution < 1.29 is 4.79 Å². The molecule has 29 heavy (non-hydrogen) atoms. The van der Waals surface area contributed by atoms with Crippen LogP contribution in [-0.4, -0.2) is 58.2 Å². The van der Waals surface area contributed by atoms with Gasteiger partial charge in [0.25, 0.3) is 0 Å². The van der Waals surface area contributed by atoms with Crippen molar-refractivity contribution in [3.05, 3.63) is 47.0 Å². The minimum atomic E-state index is 0. The van der Waals surface area contributed by atoms with Gasteiger partial charge in [-0.15, -0.1) is 24.0 Å². The second kappa shape index (κ2) is 12.4. The molecule has 160 valence electrons. The topological polar surface area (TPSA) is 87.4 Å². The molecule has 0 aliphatic rings. The van der Waals surface area contributed by atoms with Crippen molar-refractivity contribution >= 4 is 35.8 Å². The zero-order chi connectivity index (χ0) is 20.5. The third-order valence-corrected chi connectivity index (χ3v) is 4.66. The van der Waals surface area contributed by atoms with Crippen LogP contribution in [0.4, 0.5) is 0 Å². The number of aliphatic imine (C=N–C) groups is 1. The quantitative estimate of drug-likeness (QED) is 0.320. The zero-order valence-electron chi connectivity index (χ0n) is 17.9. The van der Waals surface area contributed by atoms with Gasteiger partial charge in [0.15, 0.2) is 5.96 Å². The lowest BCUT2D eigenvalue weighted by molar-refractivity contribution is -0.128. The highest BCUT2D eigenvalue weighted by Crippen LogP contribution is 2.12. The molecule has 2 aromatic heterocycles. The average molecular weight is 513 g/mol. The molecule has 1 amide bonds. The maximum atomic E-state index is 12.4. The Bertz CT molecular complexity index is 805. The molecule has 0 atom stereocenters. The molecule has 0 saturated carbocycles. The van der Waals surface area contributed by atoms with Crippen molar-refractivity contribution in [3.63, 3.8) is 0 Å². The van der Waals surface area contributed by atoms with Crippen molar-refractivity contribution in [3.8, 4) is 0 Å². The van der Waals surface area contributed by atoms with Crippen LogP contribution in [0.1, 0.15) is 29.6 Å². The highest BCUT2D eigenvalue weighted by atomic mass is 127. The van der Waals surface area contributed by atoms with E-state index in [0.29, 0.717) is 19.0 Å². The predicted octanol–water partition coefficient (Wildman–Crippen LogP) is 1.81. The molecule has 0 unspecified atom stereocenters. The van der Waals surface area contributed by atoms with Crippen LogP contribution in [-0.2, 0) is 24.8 Å². The molecule has 0 saturated heterocycles. The Morgan fingerprint density at radius 2 is 2.03 bits per heavy atom. The van der Waals surface area contributed by atoms with Crippen molar-refractivity contribution in [2.75, 3.05) is 26.7 Å². The predicted molar refractivity (Wildman–Crippen MR) is 126 cm³/mol. The molecule has 0 bridgehead atoms. The summed E-state index contributed by atoms with van der Waals surface area (Å²) in [6.07, 6.45) is 2.50. The van der Waals surface area contributed by atoms with E-state index in [-0.39, 0.29) is 36.4 Å². The summed E-state index contributed by atoms with van der Waals surface area (Å²) < 4.78 is 1.86. The zero-order valence-corrected chi connectivity index (χ0v) is 20.2. The van der Waals surface area contributed by atoms with E-state index in [1.165, 1.54) is 0 Å². The van der Waals surface area contributed by atoms with Crippen LogP contribution in [0, 0.1) is 13.8 Å². The number of carbonyl (C=O) groups excluding carboxylic acids is 1. The monoisotopic (exact) mass is 513 g/mol. The summed E-state index contributed by atoms with van der Waals surface area (Å²) in [5.41, 5.74) is 4.16. The van der Waals surface area contributed by atoms with Crippen LogP contribution in [0.2, 0.25) is 0 Å². The minimum absolute atomic E-state index is 0. The fourth-order valence-corrected chi connectivity index (χ4v) is 2.79. The number of hydrogen-bond donors (Lipinski definition) is 2. The standard InChI is InChI=1S/C20H31N7O.HI/c1-6-21-20(23-13-18-15(2)25-27(5)16(18)3)24-14-19(28)26(4)12-10-17-9-7-8-11-22-17;/h7-9,11H,6,10,12-14H2,1-5H3,(H2,21,23,24);1H. The van der Waals surface area contributed by atoms with Crippen molar-refractivity contribution in [1.29, 1.82) is 0 Å². The Balaban J connectivity index is 0.00000420. The van der Waals surface area contributed by atoms with Gasteiger partial charge < -0.3 is 15.5 Å². The van der Waals surface area contributed by atoms with Crippen LogP contribution in [0.5, 0.6) is 0 Å². The van der Waals surface area contributed by atoms with Crippen LogP contribution in [0.25, 0.3) is 0 Å². The SMILES string of the molecule is CCNC(=NCc1c(C)nn(C)c1C)NCC(=O)N(C)CCc1ccccn1.I. The Morgan fingerprint density at radius 3 is 2.62 bits per heavy atom. The van der Waals surface area contributed by atoms with Gasteiger partial charge in [-0.3, -0.25) is 14.5 Å². The fourth-order valence-electron chi connectivity index (χ4n) is 2.79. The molecule has 0 spiro atoms. The Labute approximate surface area is 190 Å². The van der Waals surface area contributed by atoms with E-state index in [2.05, 4.69) is 25.7 Å². The number of nitrogens with zero attached hydrogens (tertiary/aromatic N) is 5. The van der Waals surface area contributed by atoms with E-state index >= 15 is 0 Å². The van der Waals surface area contributed by atoms with Gasteiger partial charge in [-0.05, 0) is 32.9 Å². The Hall–Kier alpha value is -2.17. The summed E-state index contributed by atoms with van der Waals surface area (Å²) >= 11 is 0. The van der Waals surface area contributed by atoms with Crippen LogP contribution >= 0.6 is 24.0 Å². The van der Waals surface area contributed by atoms with Crippen molar-refractivity contribution in [2.24, 2.45) is 12.0 Å². The molecule has 2 aromatic rings. The van der Waals surface area contributed by atoms with Gasteiger partial charge in [0.05, 0.1) is 18.8 Å². The number of aromatic nitrogens is 3. The lowest BCUT2D eigenvalue weighted by atomic mass is 10.2. The number of carbonyl (C=O) groups is 1. The van der Waals surface area contributed by atoms with Gasteiger partial charge in [-0.1, -0.05) is 6.07 Å². The van der Waals surface area contributed by atoms with Gasteiger partial charge in [-0.25, -0.2) is 4.99 Å². The molecule has 9 heteroatoms. The van der Waals surface area contributed by atoms with E-state index in [1.54, 1.807) is 18.1 Å². The summed E-state index contributed by atoms with van der Waals surface area (Å²) in [6.45, 7) is 8.07. The molecule has 0 radical (unpaired) electrons. The Morgan fingerprint density at radius 1 is 1.28 bits per heavy atom. The molecule has 2 rings (SSSR count). The molecule has 8 nitrogen and oxygen atoms in total. The van der Waals surface area contributed by atoms with Gasteiger partial charge in [0.1, 0.15) is 0 Å². The summed E-state index contributed by atoms with van der Waals surface area (Å²) in [7, 11) is 3.73. The van der Waals surface area contributed by atoms with Gasteiger partial charge in [0, 0.05) is 56.8 Å². The van der Waals surface area contributed by atoms with E-state index in [1.807, 2.05) is 50.7 Å². The molecule has 2 heterocycles. The van der Waals surface area contributed by atoms with Crippen LogP contribution in [0.15, 0.2) is 29.4 Å². The first-order valence-electron chi connectivity index (χ1n) is 9.57. The van der Waals surface area contributed by atoms with E-state index in [0.717, 1.165) is 35.6 Å². The smallest absolute Gasteiger partial charge is 0.241 e. The number of halogens is 1. The van der Waals surface area contributed by atoms with Crippen LogP contribution in [0.3, 0.4) is 0 Å². The highest BCUT2D eigenvalue weighted by molar-refractivity contribution is 14.0. The second-order valence-corrected chi connectivity index (χ2v) is 6.71. The molecular weight excluding hydrogens is 481 g/mol. The molecule has 0 aliphatic carbocycles. The molecule has 2 N–H and O–H groups in total. The summed E-state index contributed by atoms with van der Waals surface area (Å²) in [5.74, 6) is 0.631. The van der Waals surface area contributed by atoms with Gasteiger partial charge in [0.2, 0.25) is 5.91 Å². The first kappa shape index (κ1) is 24.9. The molecule has 0 aliphatic heterocycles. The number of hydrogen-bond acceptors (Lipinski definition) is 4. The molecule has 0 fully saturated rings. The normalized spacial score (nSPS) is 11.0. The largest absolute Gasteiger partial charge is 0.357 e. The number of aryl methyl sites for hydroxylation is 2. The number of likely N-dealkylation sites (N-methyl/N-ethyl adjacent to an activating group) is 1. The highest BCUT2D eigenvalue weighted by Gasteiger charge is 2.11. The van der Waals surface area contributed by atoms with Crippen LogP contribution < -0.4 is 10.6 Å². The lowest BCUT2D eigenvalue weighted by Gasteiger charge is -2.18. The second-order valence-electron chi connectivity index (χ2n) is 6.71. The third kappa shape index (κ3) is 7.64. The maximum Gasteiger partial charge on any atom is 0.241 e. The third-order valence-electron chi connectivity index (χ3n) is 4.66. The number of rotatable bonds is 8. The van der Waals surface area contributed by atoms with Gasteiger partial charge >= 0.3 is 0 Å². The van der Waals surface area contributed by atoms with E-state index in [4.69, 9.17) is 0 Å².